The van der Waals surface area contributed by atoms with Crippen LogP contribution in [0.5, 0.6) is 5.75 Å². The van der Waals surface area contributed by atoms with Gasteiger partial charge in [-0.2, -0.15) is 5.10 Å². The minimum absolute atomic E-state index is 0.248. The lowest BCUT2D eigenvalue weighted by atomic mass is 10.1. The lowest BCUT2D eigenvalue weighted by Crippen LogP contribution is -2.15. The van der Waals surface area contributed by atoms with Crippen LogP contribution in [0.25, 0.3) is 11.0 Å². The average Bonchev–Trinajstić information content (AvgIpc) is 3.04. The number of hydrogen-bond donors (Lipinski definition) is 1. The van der Waals surface area contributed by atoms with Gasteiger partial charge in [0.2, 0.25) is 0 Å². The first-order valence-corrected chi connectivity index (χ1v) is 10.0. The van der Waals surface area contributed by atoms with Crippen LogP contribution in [-0.4, -0.2) is 22.3 Å². The monoisotopic (exact) mass is 417 g/mol. The molecule has 4 aromatic rings. The molecule has 4 rings (SSSR count). The first kappa shape index (κ1) is 20.4. The molecule has 0 saturated heterocycles. The van der Waals surface area contributed by atoms with E-state index in [4.69, 9.17) is 9.15 Å². The quantitative estimate of drug-likeness (QED) is 0.473. The Morgan fingerprint density at radius 1 is 1.13 bits per heavy atom. The minimum Gasteiger partial charge on any atom is -0.494 e. The summed E-state index contributed by atoms with van der Waals surface area (Å²) in [5, 5.41) is 7.91. The minimum atomic E-state index is -0.593. The van der Waals surface area contributed by atoms with E-state index >= 15 is 0 Å². The molecule has 0 spiro atoms. The first-order chi connectivity index (χ1) is 14.9. The zero-order chi connectivity index (χ0) is 22.0. The summed E-state index contributed by atoms with van der Waals surface area (Å²) in [6.07, 6.45) is 0. The van der Waals surface area contributed by atoms with Crippen LogP contribution in [0.4, 0.5) is 5.69 Å². The molecule has 158 valence electrons. The maximum Gasteiger partial charge on any atom is 0.337 e. The Kier molecular flexibility index (Phi) is 5.58. The van der Waals surface area contributed by atoms with Crippen LogP contribution in [0, 0.1) is 13.8 Å². The molecule has 7 heteroatoms. The van der Waals surface area contributed by atoms with E-state index in [0.29, 0.717) is 35.6 Å². The number of rotatable bonds is 6. The summed E-state index contributed by atoms with van der Waals surface area (Å²) in [6.45, 7) is 6.92. The number of benzene rings is 2. The van der Waals surface area contributed by atoms with Gasteiger partial charge in [-0.1, -0.05) is 12.1 Å². The maximum absolute atomic E-state index is 13.0. The third-order valence-corrected chi connectivity index (χ3v) is 4.89. The number of aryl methyl sites for hydroxylation is 2. The van der Waals surface area contributed by atoms with Gasteiger partial charge >= 0.3 is 5.63 Å². The van der Waals surface area contributed by atoms with Gasteiger partial charge in [-0.3, -0.25) is 9.48 Å². The largest absolute Gasteiger partial charge is 0.494 e. The molecule has 0 radical (unpaired) electrons. The SMILES string of the molecule is CCOc1ccc2c(C(=O)Nc3cccc(Cn4nc(C)cc4C)c3)cc(=O)oc2c1. The van der Waals surface area contributed by atoms with E-state index in [2.05, 4.69) is 10.4 Å². The molecule has 0 saturated carbocycles. The van der Waals surface area contributed by atoms with Crippen molar-refractivity contribution >= 4 is 22.6 Å². The fourth-order valence-corrected chi connectivity index (χ4v) is 3.54. The van der Waals surface area contributed by atoms with Gasteiger partial charge in [0.15, 0.2) is 0 Å². The summed E-state index contributed by atoms with van der Waals surface area (Å²) < 4.78 is 12.6. The molecule has 2 aromatic carbocycles. The third kappa shape index (κ3) is 4.50. The zero-order valence-electron chi connectivity index (χ0n) is 17.6. The van der Waals surface area contributed by atoms with Crippen molar-refractivity contribution in [3.05, 3.63) is 87.5 Å². The van der Waals surface area contributed by atoms with Crippen molar-refractivity contribution in [1.82, 2.24) is 9.78 Å². The van der Waals surface area contributed by atoms with Crippen LogP contribution < -0.4 is 15.7 Å². The van der Waals surface area contributed by atoms with Crippen molar-refractivity contribution in [2.45, 2.75) is 27.3 Å². The fourth-order valence-electron chi connectivity index (χ4n) is 3.54. The second-order valence-electron chi connectivity index (χ2n) is 7.31. The van der Waals surface area contributed by atoms with Crippen molar-refractivity contribution in [1.29, 1.82) is 0 Å². The van der Waals surface area contributed by atoms with Crippen molar-refractivity contribution in [2.75, 3.05) is 11.9 Å². The molecule has 1 amide bonds. The van der Waals surface area contributed by atoms with E-state index in [-0.39, 0.29) is 11.5 Å². The molecule has 7 nitrogen and oxygen atoms in total. The summed E-state index contributed by atoms with van der Waals surface area (Å²) in [7, 11) is 0. The topological polar surface area (TPSA) is 86.4 Å². The molecule has 0 fully saturated rings. The highest BCUT2D eigenvalue weighted by molar-refractivity contribution is 6.12. The third-order valence-electron chi connectivity index (χ3n) is 4.89. The van der Waals surface area contributed by atoms with Crippen molar-refractivity contribution < 1.29 is 13.9 Å². The van der Waals surface area contributed by atoms with Crippen LogP contribution in [0.2, 0.25) is 0 Å². The van der Waals surface area contributed by atoms with E-state index in [9.17, 15) is 9.59 Å². The number of fused-ring (bicyclic) bond motifs is 1. The molecule has 1 N–H and O–H groups in total. The van der Waals surface area contributed by atoms with Gasteiger partial charge in [-0.15, -0.1) is 0 Å². The standard InChI is InChI=1S/C24H23N3O4/c1-4-30-19-8-9-20-21(13-23(28)31-22(20)12-19)24(29)25-18-7-5-6-17(11-18)14-27-16(3)10-15(2)26-27/h5-13H,4,14H2,1-3H3,(H,25,29). The number of aromatic nitrogens is 2. The molecule has 0 unspecified atom stereocenters. The average molecular weight is 417 g/mol. The number of nitrogens with one attached hydrogen (secondary N) is 1. The van der Waals surface area contributed by atoms with Crippen LogP contribution in [-0.2, 0) is 6.54 Å². The van der Waals surface area contributed by atoms with Gasteiger partial charge in [0, 0.05) is 28.9 Å². The number of amides is 1. The number of anilines is 1. The number of carbonyl (C=O) groups is 1. The molecular weight excluding hydrogens is 394 g/mol. The predicted molar refractivity (Wildman–Crippen MR) is 119 cm³/mol. The molecule has 2 aromatic heterocycles. The van der Waals surface area contributed by atoms with Crippen LogP contribution in [0.3, 0.4) is 0 Å². The Morgan fingerprint density at radius 2 is 1.97 bits per heavy atom. The molecule has 0 bridgehead atoms. The number of nitrogens with zero attached hydrogens (tertiary/aromatic N) is 2. The maximum atomic E-state index is 13.0. The normalized spacial score (nSPS) is 10.9. The molecule has 0 aliphatic rings. The summed E-state index contributed by atoms with van der Waals surface area (Å²) in [6, 6.07) is 15.9. The van der Waals surface area contributed by atoms with Crippen molar-refractivity contribution in [3.8, 4) is 5.75 Å². The molecule has 0 atom stereocenters. The van der Waals surface area contributed by atoms with Crippen LogP contribution >= 0.6 is 0 Å². The fraction of sp³-hybridized carbons (Fsp3) is 0.208. The predicted octanol–water partition coefficient (Wildman–Crippen LogP) is 4.31. The van der Waals surface area contributed by atoms with E-state index in [1.807, 2.05) is 55.8 Å². The summed E-state index contributed by atoms with van der Waals surface area (Å²) in [5.41, 5.74) is 3.63. The lowest BCUT2D eigenvalue weighted by Gasteiger charge is -2.10. The Hall–Kier alpha value is -3.87. The number of hydrogen-bond acceptors (Lipinski definition) is 5. The van der Waals surface area contributed by atoms with Gasteiger partial charge < -0.3 is 14.5 Å². The van der Waals surface area contributed by atoms with Gasteiger partial charge in [0.25, 0.3) is 5.91 Å². The molecule has 2 heterocycles. The molecule has 31 heavy (non-hydrogen) atoms. The first-order valence-electron chi connectivity index (χ1n) is 10.0. The lowest BCUT2D eigenvalue weighted by molar-refractivity contribution is 0.102. The molecule has 0 aliphatic carbocycles. The van der Waals surface area contributed by atoms with Gasteiger partial charge in [-0.05, 0) is 56.7 Å². The van der Waals surface area contributed by atoms with E-state index < -0.39 is 5.63 Å². The summed E-state index contributed by atoms with van der Waals surface area (Å²) in [5.74, 6) is 0.192. The van der Waals surface area contributed by atoms with E-state index in [1.54, 1.807) is 18.2 Å². The highest BCUT2D eigenvalue weighted by Crippen LogP contribution is 2.24. The van der Waals surface area contributed by atoms with Crippen LogP contribution in [0.15, 0.2) is 63.8 Å². The van der Waals surface area contributed by atoms with E-state index in [0.717, 1.165) is 17.0 Å². The van der Waals surface area contributed by atoms with Gasteiger partial charge in [0.05, 0.1) is 24.4 Å². The summed E-state index contributed by atoms with van der Waals surface area (Å²) >= 11 is 0. The highest BCUT2D eigenvalue weighted by Gasteiger charge is 2.15. The second-order valence-corrected chi connectivity index (χ2v) is 7.31. The Labute approximate surface area is 179 Å². The Balaban J connectivity index is 1.60. The van der Waals surface area contributed by atoms with Gasteiger partial charge in [-0.25, -0.2) is 4.79 Å². The smallest absolute Gasteiger partial charge is 0.337 e. The molecule has 0 aliphatic heterocycles. The van der Waals surface area contributed by atoms with E-state index in [1.165, 1.54) is 6.07 Å². The number of ether oxygens (including phenoxy) is 1. The van der Waals surface area contributed by atoms with Gasteiger partial charge in [0.1, 0.15) is 11.3 Å². The van der Waals surface area contributed by atoms with Crippen molar-refractivity contribution in [2.24, 2.45) is 0 Å². The molecular formula is C24H23N3O4. The zero-order valence-corrected chi connectivity index (χ0v) is 17.6. The second kappa shape index (κ2) is 8.47. The highest BCUT2D eigenvalue weighted by atomic mass is 16.5. The van der Waals surface area contributed by atoms with Crippen molar-refractivity contribution in [3.63, 3.8) is 0 Å². The summed E-state index contributed by atoms with van der Waals surface area (Å²) in [4.78, 5) is 25.0. The Bertz CT molecular complexity index is 1320. The van der Waals surface area contributed by atoms with Crippen LogP contribution in [0.1, 0.15) is 34.2 Å². The Morgan fingerprint density at radius 3 is 2.71 bits per heavy atom. The number of carbonyl (C=O) groups excluding carboxylic acids is 1.